The van der Waals surface area contributed by atoms with Crippen molar-refractivity contribution in [3.63, 3.8) is 0 Å². The van der Waals surface area contributed by atoms with Gasteiger partial charge in [-0.3, -0.25) is 9.88 Å². The zero-order valence-corrected chi connectivity index (χ0v) is 10.6. The largest absolute Gasteiger partial charge is 0.401 e. The average molecular weight is 261 g/mol. The van der Waals surface area contributed by atoms with Gasteiger partial charge < -0.3 is 5.32 Å². The van der Waals surface area contributed by atoms with Gasteiger partial charge in [0.2, 0.25) is 0 Å². The van der Waals surface area contributed by atoms with Gasteiger partial charge in [0.05, 0.1) is 12.2 Å². The summed E-state index contributed by atoms with van der Waals surface area (Å²) in [4.78, 5) is 5.45. The highest BCUT2D eigenvalue weighted by molar-refractivity contribution is 5.42. The molecule has 0 bridgehead atoms. The molecule has 0 aliphatic carbocycles. The SMILES string of the molecule is CCCN(Cc1cc(NC)ccn1)CC(F)(F)F. The molecule has 0 amide bonds. The molecule has 1 aromatic heterocycles. The smallest absolute Gasteiger partial charge is 0.388 e. The standard InChI is InChI=1S/C12H18F3N3/c1-3-6-18(9-12(13,14)15)8-11-7-10(16-2)4-5-17-11/h4-5,7H,3,6,8-9H2,1-2H3,(H,16,17). The summed E-state index contributed by atoms with van der Waals surface area (Å²) in [6, 6.07) is 3.54. The van der Waals surface area contributed by atoms with Gasteiger partial charge >= 0.3 is 6.18 Å². The van der Waals surface area contributed by atoms with Crippen LogP contribution in [0.5, 0.6) is 0 Å². The molecule has 0 atom stereocenters. The van der Waals surface area contributed by atoms with Crippen molar-refractivity contribution >= 4 is 5.69 Å². The van der Waals surface area contributed by atoms with Crippen molar-refractivity contribution in [1.29, 1.82) is 0 Å². The Labute approximate surface area is 105 Å². The summed E-state index contributed by atoms with van der Waals surface area (Å²) in [5.74, 6) is 0. The highest BCUT2D eigenvalue weighted by atomic mass is 19.4. The quantitative estimate of drug-likeness (QED) is 0.853. The molecule has 0 saturated heterocycles. The minimum Gasteiger partial charge on any atom is -0.388 e. The molecule has 0 aliphatic rings. The number of nitrogens with one attached hydrogen (secondary N) is 1. The lowest BCUT2D eigenvalue weighted by Crippen LogP contribution is -2.34. The maximum absolute atomic E-state index is 12.4. The van der Waals surface area contributed by atoms with E-state index in [4.69, 9.17) is 0 Å². The van der Waals surface area contributed by atoms with E-state index in [1.54, 1.807) is 25.4 Å². The van der Waals surface area contributed by atoms with E-state index in [2.05, 4.69) is 10.3 Å². The molecule has 6 heteroatoms. The monoisotopic (exact) mass is 261 g/mol. The summed E-state index contributed by atoms with van der Waals surface area (Å²) < 4.78 is 37.2. The van der Waals surface area contributed by atoms with E-state index in [0.29, 0.717) is 18.7 Å². The first-order valence-electron chi connectivity index (χ1n) is 5.86. The van der Waals surface area contributed by atoms with Gasteiger partial charge in [-0.05, 0) is 25.1 Å². The number of pyridine rings is 1. The molecule has 0 aromatic carbocycles. The molecule has 18 heavy (non-hydrogen) atoms. The topological polar surface area (TPSA) is 28.2 Å². The van der Waals surface area contributed by atoms with Crippen molar-refractivity contribution in [3.8, 4) is 0 Å². The summed E-state index contributed by atoms with van der Waals surface area (Å²) in [7, 11) is 1.76. The second kappa shape index (κ2) is 6.58. The summed E-state index contributed by atoms with van der Waals surface area (Å²) >= 11 is 0. The van der Waals surface area contributed by atoms with Crippen LogP contribution in [-0.4, -0.2) is 36.2 Å². The molecule has 0 spiro atoms. The van der Waals surface area contributed by atoms with Gasteiger partial charge in [-0.2, -0.15) is 13.2 Å². The average Bonchev–Trinajstić information content (AvgIpc) is 2.27. The highest BCUT2D eigenvalue weighted by Crippen LogP contribution is 2.18. The Kier molecular flexibility index (Phi) is 5.40. The summed E-state index contributed by atoms with van der Waals surface area (Å²) in [6.07, 6.45) is -1.89. The number of rotatable bonds is 6. The van der Waals surface area contributed by atoms with Crippen LogP contribution in [0.4, 0.5) is 18.9 Å². The van der Waals surface area contributed by atoms with Gasteiger partial charge in [-0.15, -0.1) is 0 Å². The van der Waals surface area contributed by atoms with E-state index < -0.39 is 12.7 Å². The highest BCUT2D eigenvalue weighted by Gasteiger charge is 2.30. The Morgan fingerprint density at radius 2 is 2.11 bits per heavy atom. The van der Waals surface area contributed by atoms with Crippen molar-refractivity contribution in [2.24, 2.45) is 0 Å². The Morgan fingerprint density at radius 3 is 2.67 bits per heavy atom. The zero-order chi connectivity index (χ0) is 13.6. The van der Waals surface area contributed by atoms with Gasteiger partial charge in [0, 0.05) is 25.5 Å². The lowest BCUT2D eigenvalue weighted by atomic mass is 10.3. The van der Waals surface area contributed by atoms with Crippen molar-refractivity contribution in [2.45, 2.75) is 26.1 Å². The fraction of sp³-hybridized carbons (Fsp3) is 0.583. The Morgan fingerprint density at radius 1 is 1.39 bits per heavy atom. The lowest BCUT2D eigenvalue weighted by molar-refractivity contribution is -0.147. The fourth-order valence-electron chi connectivity index (χ4n) is 1.73. The Balaban J connectivity index is 2.69. The van der Waals surface area contributed by atoms with Gasteiger partial charge in [0.25, 0.3) is 0 Å². The van der Waals surface area contributed by atoms with Crippen molar-refractivity contribution < 1.29 is 13.2 Å². The van der Waals surface area contributed by atoms with Crippen molar-refractivity contribution in [3.05, 3.63) is 24.0 Å². The van der Waals surface area contributed by atoms with Crippen LogP contribution in [0.15, 0.2) is 18.3 Å². The maximum atomic E-state index is 12.4. The van der Waals surface area contributed by atoms with Gasteiger partial charge in [-0.1, -0.05) is 6.92 Å². The second-order valence-electron chi connectivity index (χ2n) is 4.11. The van der Waals surface area contributed by atoms with Crippen molar-refractivity contribution in [2.75, 3.05) is 25.5 Å². The number of aromatic nitrogens is 1. The van der Waals surface area contributed by atoms with E-state index in [0.717, 1.165) is 5.69 Å². The van der Waals surface area contributed by atoms with Gasteiger partial charge in [0.1, 0.15) is 0 Å². The van der Waals surface area contributed by atoms with E-state index in [1.165, 1.54) is 4.90 Å². The van der Waals surface area contributed by atoms with Crippen LogP contribution in [0.2, 0.25) is 0 Å². The molecule has 0 aliphatic heterocycles. The minimum absolute atomic E-state index is 0.211. The number of hydrogen-bond donors (Lipinski definition) is 1. The van der Waals surface area contributed by atoms with Crippen LogP contribution in [0.3, 0.4) is 0 Å². The van der Waals surface area contributed by atoms with E-state index in [-0.39, 0.29) is 6.54 Å². The Hall–Kier alpha value is -1.30. The molecule has 0 saturated carbocycles. The number of halogens is 3. The Bertz CT molecular complexity index is 366. The molecule has 1 N–H and O–H groups in total. The molecule has 1 rings (SSSR count). The van der Waals surface area contributed by atoms with E-state index in [9.17, 15) is 13.2 Å². The third kappa shape index (κ3) is 5.35. The molecule has 3 nitrogen and oxygen atoms in total. The summed E-state index contributed by atoms with van der Waals surface area (Å²) in [5.41, 5.74) is 1.49. The van der Waals surface area contributed by atoms with Crippen LogP contribution in [-0.2, 0) is 6.54 Å². The number of alkyl halides is 3. The first-order valence-corrected chi connectivity index (χ1v) is 5.86. The van der Waals surface area contributed by atoms with Crippen molar-refractivity contribution in [1.82, 2.24) is 9.88 Å². The molecular weight excluding hydrogens is 243 g/mol. The molecule has 1 heterocycles. The van der Waals surface area contributed by atoms with Crippen LogP contribution < -0.4 is 5.32 Å². The molecule has 0 unspecified atom stereocenters. The molecule has 0 fully saturated rings. The number of hydrogen-bond acceptors (Lipinski definition) is 3. The normalized spacial score (nSPS) is 11.9. The lowest BCUT2D eigenvalue weighted by Gasteiger charge is -2.22. The summed E-state index contributed by atoms with van der Waals surface area (Å²) in [6.45, 7) is 1.58. The first kappa shape index (κ1) is 14.8. The maximum Gasteiger partial charge on any atom is 0.401 e. The molecule has 0 radical (unpaired) electrons. The molecule has 102 valence electrons. The predicted octanol–water partition coefficient (Wildman–Crippen LogP) is 2.90. The zero-order valence-electron chi connectivity index (χ0n) is 10.6. The molecular formula is C12H18F3N3. The fourth-order valence-corrected chi connectivity index (χ4v) is 1.73. The first-order chi connectivity index (χ1) is 8.44. The van der Waals surface area contributed by atoms with Crippen LogP contribution >= 0.6 is 0 Å². The second-order valence-corrected chi connectivity index (χ2v) is 4.11. The molecule has 1 aromatic rings. The predicted molar refractivity (Wildman–Crippen MR) is 65.4 cm³/mol. The van der Waals surface area contributed by atoms with Crippen LogP contribution in [0, 0.1) is 0 Å². The van der Waals surface area contributed by atoms with E-state index in [1.807, 2.05) is 6.92 Å². The van der Waals surface area contributed by atoms with Crippen LogP contribution in [0.1, 0.15) is 19.0 Å². The van der Waals surface area contributed by atoms with Gasteiger partial charge in [0.15, 0.2) is 0 Å². The van der Waals surface area contributed by atoms with E-state index >= 15 is 0 Å². The third-order valence-electron chi connectivity index (χ3n) is 2.43. The third-order valence-corrected chi connectivity index (χ3v) is 2.43. The number of anilines is 1. The minimum atomic E-state index is -4.17. The summed E-state index contributed by atoms with van der Waals surface area (Å²) in [5, 5.41) is 2.94. The van der Waals surface area contributed by atoms with Gasteiger partial charge in [-0.25, -0.2) is 0 Å². The van der Waals surface area contributed by atoms with Crippen LogP contribution in [0.25, 0.3) is 0 Å². The number of nitrogens with zero attached hydrogens (tertiary/aromatic N) is 2.